The summed E-state index contributed by atoms with van der Waals surface area (Å²) < 4.78 is 5.10. The van der Waals surface area contributed by atoms with E-state index in [0.717, 1.165) is 11.3 Å². The number of rotatable bonds is 3. The van der Waals surface area contributed by atoms with E-state index in [0.29, 0.717) is 25.1 Å². The fourth-order valence-corrected chi connectivity index (χ4v) is 2.82. The number of hydrogen-bond donors (Lipinski definition) is 2. The lowest BCUT2D eigenvalue weighted by Gasteiger charge is -2.31. The van der Waals surface area contributed by atoms with Crippen molar-refractivity contribution in [3.05, 3.63) is 17.0 Å². The number of aryl methyl sites for hydroxylation is 2. The molecule has 2 heterocycles. The van der Waals surface area contributed by atoms with E-state index in [4.69, 9.17) is 9.63 Å². The SMILES string of the molecule is Cc1noc(C)c1C(C)NC(=O)N1CCC[C@H](C(=O)O)C1. The maximum atomic E-state index is 12.3. The number of carbonyl (C=O) groups excluding carboxylic acids is 1. The number of piperidine rings is 1. The molecule has 1 unspecified atom stereocenters. The van der Waals surface area contributed by atoms with E-state index in [-0.39, 0.29) is 18.6 Å². The molecule has 0 bridgehead atoms. The molecule has 7 nitrogen and oxygen atoms in total. The van der Waals surface area contributed by atoms with Crippen LogP contribution in [0.4, 0.5) is 4.79 Å². The number of nitrogens with zero attached hydrogens (tertiary/aromatic N) is 2. The third kappa shape index (κ3) is 3.34. The zero-order valence-electron chi connectivity index (χ0n) is 12.5. The number of amides is 2. The zero-order valence-corrected chi connectivity index (χ0v) is 12.5. The maximum Gasteiger partial charge on any atom is 0.317 e. The lowest BCUT2D eigenvalue weighted by atomic mass is 9.98. The predicted octanol–water partition coefficient (Wildman–Crippen LogP) is 1.86. The first kappa shape index (κ1) is 15.3. The fraction of sp³-hybridized carbons (Fsp3) is 0.643. The van der Waals surface area contributed by atoms with Crippen molar-refractivity contribution in [1.29, 1.82) is 0 Å². The standard InChI is InChI=1S/C14H21N3O4/c1-8(12-9(2)16-21-10(12)3)15-14(20)17-6-4-5-11(7-17)13(18)19/h8,11H,4-7H2,1-3H3,(H,15,20)(H,18,19)/t8?,11-/m0/s1. The number of carboxylic acid groups (broad SMARTS) is 1. The summed E-state index contributed by atoms with van der Waals surface area (Å²) in [5.41, 5.74) is 1.62. The molecule has 2 amide bonds. The van der Waals surface area contributed by atoms with E-state index in [1.54, 1.807) is 11.8 Å². The largest absolute Gasteiger partial charge is 0.481 e. The van der Waals surface area contributed by atoms with Crippen LogP contribution in [-0.2, 0) is 4.79 Å². The molecule has 7 heteroatoms. The molecule has 1 fully saturated rings. The number of carboxylic acids is 1. The Hall–Kier alpha value is -2.05. The minimum atomic E-state index is -0.841. The number of aliphatic carboxylic acids is 1. The Labute approximate surface area is 123 Å². The molecule has 2 rings (SSSR count). The lowest BCUT2D eigenvalue weighted by molar-refractivity contribution is -0.143. The summed E-state index contributed by atoms with van der Waals surface area (Å²) >= 11 is 0. The molecule has 1 aromatic heterocycles. The van der Waals surface area contributed by atoms with Crippen molar-refractivity contribution in [3.63, 3.8) is 0 Å². The first-order chi connectivity index (χ1) is 9.90. The smallest absolute Gasteiger partial charge is 0.317 e. The van der Waals surface area contributed by atoms with E-state index < -0.39 is 11.9 Å². The van der Waals surface area contributed by atoms with Crippen LogP contribution in [0.1, 0.15) is 42.8 Å². The summed E-state index contributed by atoms with van der Waals surface area (Å²) in [7, 11) is 0. The topological polar surface area (TPSA) is 95.7 Å². The highest BCUT2D eigenvalue weighted by Crippen LogP contribution is 2.22. The average Bonchev–Trinajstić information content (AvgIpc) is 2.78. The van der Waals surface area contributed by atoms with E-state index in [9.17, 15) is 9.59 Å². The Morgan fingerprint density at radius 2 is 2.19 bits per heavy atom. The highest BCUT2D eigenvalue weighted by Gasteiger charge is 2.29. The summed E-state index contributed by atoms with van der Waals surface area (Å²) in [4.78, 5) is 24.9. The second-order valence-corrected chi connectivity index (χ2v) is 5.53. The van der Waals surface area contributed by atoms with Crippen LogP contribution in [0, 0.1) is 19.8 Å². The van der Waals surface area contributed by atoms with Gasteiger partial charge in [-0.25, -0.2) is 4.79 Å². The van der Waals surface area contributed by atoms with Gasteiger partial charge in [-0.15, -0.1) is 0 Å². The van der Waals surface area contributed by atoms with Gasteiger partial charge in [0.1, 0.15) is 5.76 Å². The quantitative estimate of drug-likeness (QED) is 0.887. The highest BCUT2D eigenvalue weighted by atomic mass is 16.5. The van der Waals surface area contributed by atoms with Gasteiger partial charge in [-0.3, -0.25) is 4.79 Å². The maximum absolute atomic E-state index is 12.3. The van der Waals surface area contributed by atoms with Crippen LogP contribution in [0.3, 0.4) is 0 Å². The van der Waals surface area contributed by atoms with E-state index in [2.05, 4.69) is 10.5 Å². The van der Waals surface area contributed by atoms with Crippen LogP contribution in [0.25, 0.3) is 0 Å². The van der Waals surface area contributed by atoms with Crippen molar-refractivity contribution in [3.8, 4) is 0 Å². The lowest BCUT2D eigenvalue weighted by Crippen LogP contribution is -2.47. The number of aromatic nitrogens is 1. The molecular formula is C14H21N3O4. The Morgan fingerprint density at radius 1 is 1.48 bits per heavy atom. The van der Waals surface area contributed by atoms with Crippen molar-refractivity contribution in [2.75, 3.05) is 13.1 Å². The molecule has 1 aromatic rings. The Morgan fingerprint density at radius 3 is 2.76 bits per heavy atom. The van der Waals surface area contributed by atoms with E-state index in [1.165, 1.54) is 0 Å². The molecule has 0 aromatic carbocycles. The molecular weight excluding hydrogens is 274 g/mol. The van der Waals surface area contributed by atoms with Crippen LogP contribution in [-0.4, -0.2) is 40.3 Å². The van der Waals surface area contributed by atoms with Crippen molar-refractivity contribution in [2.45, 2.75) is 39.7 Å². The molecule has 0 radical (unpaired) electrons. The van der Waals surface area contributed by atoms with Crippen LogP contribution >= 0.6 is 0 Å². The minimum Gasteiger partial charge on any atom is -0.481 e. The Bertz CT molecular complexity index is 521. The summed E-state index contributed by atoms with van der Waals surface area (Å²) in [6, 6.07) is -0.470. The highest BCUT2D eigenvalue weighted by molar-refractivity contribution is 5.77. The van der Waals surface area contributed by atoms with Crippen LogP contribution in [0.5, 0.6) is 0 Å². The molecule has 0 saturated carbocycles. The first-order valence-corrected chi connectivity index (χ1v) is 7.11. The van der Waals surface area contributed by atoms with Crippen LogP contribution in [0.15, 0.2) is 4.52 Å². The molecule has 2 atom stereocenters. The number of hydrogen-bond acceptors (Lipinski definition) is 4. The van der Waals surface area contributed by atoms with Crippen LogP contribution < -0.4 is 5.32 Å². The van der Waals surface area contributed by atoms with Gasteiger partial charge in [0, 0.05) is 18.7 Å². The Balaban J connectivity index is 1.99. The molecule has 1 aliphatic heterocycles. The molecule has 21 heavy (non-hydrogen) atoms. The van der Waals surface area contributed by atoms with Gasteiger partial charge in [0.05, 0.1) is 17.7 Å². The number of likely N-dealkylation sites (tertiary alicyclic amines) is 1. The normalized spacial score (nSPS) is 20.1. The van der Waals surface area contributed by atoms with E-state index in [1.807, 2.05) is 13.8 Å². The van der Waals surface area contributed by atoms with Crippen molar-refractivity contribution < 1.29 is 19.2 Å². The van der Waals surface area contributed by atoms with Gasteiger partial charge < -0.3 is 19.8 Å². The van der Waals surface area contributed by atoms with Crippen LogP contribution in [0.2, 0.25) is 0 Å². The van der Waals surface area contributed by atoms with Gasteiger partial charge in [0.15, 0.2) is 0 Å². The predicted molar refractivity (Wildman–Crippen MR) is 74.9 cm³/mol. The van der Waals surface area contributed by atoms with Gasteiger partial charge in [-0.05, 0) is 33.6 Å². The second kappa shape index (κ2) is 6.15. The van der Waals surface area contributed by atoms with Crippen molar-refractivity contribution >= 4 is 12.0 Å². The molecule has 116 valence electrons. The molecule has 1 aliphatic rings. The number of carbonyl (C=O) groups is 2. The Kier molecular flexibility index (Phi) is 4.50. The third-order valence-electron chi connectivity index (χ3n) is 3.92. The van der Waals surface area contributed by atoms with Gasteiger partial charge in [0.2, 0.25) is 0 Å². The second-order valence-electron chi connectivity index (χ2n) is 5.53. The monoisotopic (exact) mass is 295 g/mol. The summed E-state index contributed by atoms with van der Waals surface area (Å²) in [5.74, 6) is -0.632. The van der Waals surface area contributed by atoms with Crippen molar-refractivity contribution in [2.24, 2.45) is 5.92 Å². The zero-order chi connectivity index (χ0) is 15.6. The van der Waals surface area contributed by atoms with E-state index >= 15 is 0 Å². The summed E-state index contributed by atoms with van der Waals surface area (Å²) in [6.07, 6.45) is 1.34. The van der Waals surface area contributed by atoms with Gasteiger partial charge in [-0.1, -0.05) is 5.16 Å². The van der Waals surface area contributed by atoms with Gasteiger partial charge in [0.25, 0.3) is 0 Å². The molecule has 0 spiro atoms. The summed E-state index contributed by atoms with van der Waals surface area (Å²) in [5, 5.41) is 15.8. The van der Waals surface area contributed by atoms with Gasteiger partial charge in [-0.2, -0.15) is 0 Å². The molecule has 2 N–H and O–H groups in total. The van der Waals surface area contributed by atoms with Crippen molar-refractivity contribution in [1.82, 2.24) is 15.4 Å². The third-order valence-corrected chi connectivity index (χ3v) is 3.92. The first-order valence-electron chi connectivity index (χ1n) is 7.11. The van der Waals surface area contributed by atoms with Gasteiger partial charge >= 0.3 is 12.0 Å². The molecule has 1 saturated heterocycles. The number of nitrogens with one attached hydrogen (secondary N) is 1. The average molecular weight is 295 g/mol. The molecule has 0 aliphatic carbocycles. The minimum absolute atomic E-state index is 0.228. The fourth-order valence-electron chi connectivity index (χ4n) is 2.82. The number of urea groups is 1. The summed E-state index contributed by atoms with van der Waals surface area (Å²) in [6.45, 7) is 6.34.